The van der Waals surface area contributed by atoms with Crippen LogP contribution in [0.15, 0.2) is 12.4 Å². The predicted molar refractivity (Wildman–Crippen MR) is 83.0 cm³/mol. The van der Waals surface area contributed by atoms with E-state index in [-0.39, 0.29) is 11.9 Å². The minimum absolute atomic E-state index is 0.0453. The summed E-state index contributed by atoms with van der Waals surface area (Å²) in [6, 6.07) is 0.343. The van der Waals surface area contributed by atoms with Gasteiger partial charge in [0.2, 0.25) is 5.69 Å². The summed E-state index contributed by atoms with van der Waals surface area (Å²) in [6.45, 7) is 6.99. The number of esters is 1. The predicted octanol–water partition coefficient (Wildman–Crippen LogP) is 3.45. The van der Waals surface area contributed by atoms with Gasteiger partial charge in [0.15, 0.2) is 12.3 Å². The Morgan fingerprint density at radius 1 is 1.42 bits per heavy atom. The molecule has 0 spiro atoms. The number of carbonyl (C=O) groups excluding carboxylic acids is 1. The first-order chi connectivity index (χ1) is 11.0. The first kappa shape index (κ1) is 20.2. The third-order valence-electron chi connectivity index (χ3n) is 3.68. The van der Waals surface area contributed by atoms with E-state index in [4.69, 9.17) is 4.74 Å². The van der Waals surface area contributed by atoms with Crippen molar-refractivity contribution in [3.05, 3.63) is 12.4 Å². The Hall–Kier alpha value is -1.87. The lowest BCUT2D eigenvalue weighted by molar-refractivity contribution is -0.454. The van der Waals surface area contributed by atoms with Crippen LogP contribution in [0.5, 0.6) is 0 Å². The van der Waals surface area contributed by atoms with Gasteiger partial charge in [-0.25, -0.2) is 0 Å². The van der Waals surface area contributed by atoms with E-state index in [1.807, 2.05) is 17.1 Å². The largest absolute Gasteiger partial charge is 0.673 e. The zero-order valence-corrected chi connectivity index (χ0v) is 14.2. The molecule has 0 saturated heterocycles. The Kier molecular flexibility index (Phi) is 6.98. The molecule has 1 atom stereocenters. The average molecular weight is 351 g/mol. The van der Waals surface area contributed by atoms with Crippen molar-refractivity contribution >= 4 is 24.6 Å². The van der Waals surface area contributed by atoms with E-state index in [9.17, 15) is 22.1 Å². The quantitative estimate of drug-likeness (QED) is 0.363. The van der Waals surface area contributed by atoms with Gasteiger partial charge in [0.05, 0.1) is 13.3 Å². The zero-order chi connectivity index (χ0) is 18.5. The lowest BCUT2D eigenvalue weighted by Gasteiger charge is -2.18. The minimum Gasteiger partial charge on any atom is -0.469 e. The molecule has 0 N–H and O–H groups in total. The molecule has 0 fully saturated rings. The molecule has 1 unspecified atom stereocenters. The number of carbonyl (C=O) groups is 1. The van der Waals surface area contributed by atoms with Crippen LogP contribution in [-0.2, 0) is 9.53 Å². The topological polar surface area (TPSA) is 47.1 Å². The van der Waals surface area contributed by atoms with Crippen molar-refractivity contribution in [3.8, 4) is 0 Å². The highest BCUT2D eigenvalue weighted by atomic mass is 19.5. The highest BCUT2D eigenvalue weighted by molar-refractivity contribution is 6.50. The second-order valence-corrected chi connectivity index (χ2v) is 5.87. The fourth-order valence-corrected chi connectivity index (χ4v) is 2.42. The van der Waals surface area contributed by atoms with Gasteiger partial charge in [-0.2, -0.15) is 9.67 Å². The Bertz CT molecular complexity index is 593. The summed E-state index contributed by atoms with van der Waals surface area (Å²) in [5, 5.41) is 4.36. The van der Waals surface area contributed by atoms with E-state index in [0.29, 0.717) is 12.6 Å². The first-order valence-corrected chi connectivity index (χ1v) is 7.62. The lowest BCUT2D eigenvalue weighted by Crippen LogP contribution is -2.33. The van der Waals surface area contributed by atoms with Crippen LogP contribution in [0.1, 0.15) is 39.7 Å². The maximum absolute atomic E-state index is 11.7. The number of methoxy groups -OCH3 is 1. The van der Waals surface area contributed by atoms with Crippen LogP contribution < -0.4 is 0 Å². The normalized spacial score (nSPS) is 18.3. The lowest BCUT2D eigenvalue weighted by atomic mass is 9.97. The standard InChI is InChI=1S/C14H22N3O2.BF4/c1-10(2)17-9-13(7-15-17)16-8-12(14(18)19-4)6-5-11(16)3;2-1(3,4)5/h7,9-10,12H,5-6,8H2,1-4H3;/q+1;-1. The summed E-state index contributed by atoms with van der Waals surface area (Å²) in [5.74, 6) is -0.162. The van der Waals surface area contributed by atoms with Crippen molar-refractivity contribution < 1.29 is 31.4 Å². The Morgan fingerprint density at radius 3 is 2.46 bits per heavy atom. The number of ether oxygens (including phenoxy) is 1. The summed E-state index contributed by atoms with van der Waals surface area (Å²) >= 11 is 0. The molecule has 5 nitrogen and oxygen atoms in total. The van der Waals surface area contributed by atoms with Gasteiger partial charge in [-0.05, 0) is 20.3 Å². The molecular formula is C14H22BF4N3O2. The zero-order valence-electron chi connectivity index (χ0n) is 14.2. The van der Waals surface area contributed by atoms with E-state index >= 15 is 0 Å². The number of halogens is 4. The third-order valence-corrected chi connectivity index (χ3v) is 3.68. The first-order valence-electron chi connectivity index (χ1n) is 7.62. The number of aromatic nitrogens is 2. The molecule has 1 aromatic rings. The van der Waals surface area contributed by atoms with E-state index < -0.39 is 7.25 Å². The highest BCUT2D eigenvalue weighted by Crippen LogP contribution is 2.23. The molecule has 0 aromatic carbocycles. The van der Waals surface area contributed by atoms with Gasteiger partial charge in [0, 0.05) is 19.4 Å². The molecule has 24 heavy (non-hydrogen) atoms. The maximum Gasteiger partial charge on any atom is 0.673 e. The Balaban J connectivity index is 0.000000505. The van der Waals surface area contributed by atoms with Crippen LogP contribution in [-0.4, -0.2) is 46.9 Å². The van der Waals surface area contributed by atoms with Crippen molar-refractivity contribution in [2.24, 2.45) is 5.92 Å². The van der Waals surface area contributed by atoms with Gasteiger partial charge < -0.3 is 22.0 Å². The van der Waals surface area contributed by atoms with E-state index in [1.54, 1.807) is 0 Å². The summed E-state index contributed by atoms with van der Waals surface area (Å²) in [4.78, 5) is 11.7. The smallest absolute Gasteiger partial charge is 0.469 e. The summed E-state index contributed by atoms with van der Waals surface area (Å²) in [7, 11) is -4.55. The summed E-state index contributed by atoms with van der Waals surface area (Å²) in [5.41, 5.74) is 2.34. The van der Waals surface area contributed by atoms with Gasteiger partial charge in [0.1, 0.15) is 12.1 Å². The molecule has 1 aromatic heterocycles. The molecule has 2 rings (SSSR count). The molecule has 2 heterocycles. The SMILES string of the molecule is COC(=O)C1CCC(C)=[N+](c2cnn(C(C)C)c2)C1.F[B-](F)(F)F. The van der Waals surface area contributed by atoms with E-state index in [1.165, 1.54) is 12.8 Å². The summed E-state index contributed by atoms with van der Waals surface area (Å²) in [6.07, 6.45) is 5.69. The molecule has 10 heteroatoms. The highest BCUT2D eigenvalue weighted by Gasteiger charge is 2.32. The molecule has 1 aliphatic rings. The van der Waals surface area contributed by atoms with Gasteiger partial charge in [0.25, 0.3) is 0 Å². The van der Waals surface area contributed by atoms with Crippen LogP contribution in [0, 0.1) is 5.92 Å². The third kappa shape index (κ3) is 6.33. The fraction of sp³-hybridized carbons (Fsp3) is 0.643. The van der Waals surface area contributed by atoms with Crippen molar-refractivity contribution in [1.29, 1.82) is 0 Å². The number of hydrogen-bond acceptors (Lipinski definition) is 3. The van der Waals surface area contributed by atoms with Crippen molar-refractivity contribution in [2.75, 3.05) is 13.7 Å². The fourth-order valence-electron chi connectivity index (χ4n) is 2.42. The molecule has 1 aliphatic heterocycles. The monoisotopic (exact) mass is 351 g/mol. The van der Waals surface area contributed by atoms with Crippen LogP contribution in [0.4, 0.5) is 23.0 Å². The Morgan fingerprint density at radius 2 is 2.00 bits per heavy atom. The number of hydrogen-bond donors (Lipinski definition) is 0. The van der Waals surface area contributed by atoms with Crippen LogP contribution in [0.3, 0.4) is 0 Å². The minimum atomic E-state index is -6.00. The molecule has 0 amide bonds. The maximum atomic E-state index is 11.7. The Labute approximate surface area is 138 Å². The van der Waals surface area contributed by atoms with Gasteiger partial charge in [-0.1, -0.05) is 0 Å². The van der Waals surface area contributed by atoms with Crippen molar-refractivity contribution in [1.82, 2.24) is 9.78 Å². The number of rotatable bonds is 3. The van der Waals surface area contributed by atoms with Gasteiger partial charge >= 0.3 is 13.2 Å². The van der Waals surface area contributed by atoms with E-state index in [0.717, 1.165) is 18.5 Å². The van der Waals surface area contributed by atoms with Crippen molar-refractivity contribution in [2.45, 2.75) is 39.7 Å². The molecular weight excluding hydrogens is 329 g/mol. The van der Waals surface area contributed by atoms with Crippen molar-refractivity contribution in [3.63, 3.8) is 0 Å². The molecule has 0 saturated carbocycles. The van der Waals surface area contributed by atoms with E-state index in [2.05, 4.69) is 30.4 Å². The van der Waals surface area contributed by atoms with Gasteiger partial charge in [-0.3, -0.25) is 9.48 Å². The average Bonchev–Trinajstić information content (AvgIpc) is 2.95. The van der Waals surface area contributed by atoms with Crippen LogP contribution >= 0.6 is 0 Å². The van der Waals surface area contributed by atoms with Crippen LogP contribution in [0.2, 0.25) is 0 Å². The molecule has 0 radical (unpaired) electrons. The molecule has 0 aliphatic carbocycles. The second-order valence-electron chi connectivity index (χ2n) is 5.87. The second kappa shape index (κ2) is 8.30. The van der Waals surface area contributed by atoms with Gasteiger partial charge in [-0.15, -0.1) is 0 Å². The van der Waals surface area contributed by atoms with Crippen LogP contribution in [0.25, 0.3) is 0 Å². The number of nitrogens with zero attached hydrogens (tertiary/aromatic N) is 3. The molecule has 0 bridgehead atoms. The molecule has 136 valence electrons. The summed E-state index contributed by atoms with van der Waals surface area (Å²) < 4.78 is 48.0.